The Morgan fingerprint density at radius 3 is 2.04 bits per heavy atom. The molecule has 0 amide bonds. The average Bonchev–Trinajstić information content (AvgIpc) is 3.20. The van der Waals surface area contributed by atoms with Crippen LogP contribution in [-0.2, 0) is 30.0 Å². The zero-order valence-electron chi connectivity index (χ0n) is 23.3. The van der Waals surface area contributed by atoms with Crippen LogP contribution in [0.3, 0.4) is 0 Å². The van der Waals surface area contributed by atoms with Crippen molar-refractivity contribution in [3.05, 3.63) is 59.2 Å². The summed E-state index contributed by atoms with van der Waals surface area (Å²) in [6.07, 6.45) is -8.02. The first-order chi connectivity index (χ1) is 21.0. The number of halogens is 9. The summed E-state index contributed by atoms with van der Waals surface area (Å²) >= 11 is 0. The van der Waals surface area contributed by atoms with Gasteiger partial charge in [-0.15, -0.1) is 0 Å². The number of alkyl halides is 9. The molecule has 45 heavy (non-hydrogen) atoms. The summed E-state index contributed by atoms with van der Waals surface area (Å²) in [5.74, 6) is -1.99. The number of aliphatic carboxylic acids is 1. The van der Waals surface area contributed by atoms with Crippen LogP contribution in [0.4, 0.5) is 62.8 Å². The molecule has 2 aliphatic rings. The molecule has 1 fully saturated rings. The van der Waals surface area contributed by atoms with E-state index in [4.69, 9.17) is 19.9 Å². The standard InChI is InChI=1S/C25H25F6N7.C2HF3O2/c26-24(27,28)18-5-4-10-32-22(18)37-13-8-17-19(9-14-37)35-23(38-11-2-1-3-12-38)36-21(17)34-16-6-7-20(33-15-16)25(29,30)31;3-2(4,5)1(6)7/h4-7,10,15H,1-3,8-9,11-14H2,(H,34,35,36);(H,6,7). The molecule has 244 valence electrons. The molecule has 9 nitrogen and oxygen atoms in total. The molecular weight excluding hydrogens is 625 g/mol. The van der Waals surface area contributed by atoms with E-state index in [0.29, 0.717) is 41.6 Å². The van der Waals surface area contributed by atoms with E-state index in [-0.39, 0.29) is 18.9 Å². The van der Waals surface area contributed by atoms with Crippen LogP contribution in [0.25, 0.3) is 0 Å². The highest BCUT2D eigenvalue weighted by Gasteiger charge is 2.38. The number of carbonyl (C=O) groups is 1. The Hall–Kier alpha value is -4.38. The van der Waals surface area contributed by atoms with E-state index in [1.54, 1.807) is 4.90 Å². The zero-order chi connectivity index (χ0) is 33.0. The number of anilines is 4. The number of hydrogen-bond donors (Lipinski definition) is 2. The number of rotatable bonds is 4. The number of nitrogens with zero attached hydrogens (tertiary/aromatic N) is 6. The molecule has 0 aromatic carbocycles. The first-order valence-corrected chi connectivity index (χ1v) is 13.6. The van der Waals surface area contributed by atoms with Crippen LogP contribution in [-0.4, -0.2) is 63.4 Å². The van der Waals surface area contributed by atoms with E-state index >= 15 is 0 Å². The maximum atomic E-state index is 13.7. The van der Waals surface area contributed by atoms with Gasteiger partial charge in [-0.05, 0) is 49.9 Å². The van der Waals surface area contributed by atoms with Gasteiger partial charge in [0.15, 0.2) is 0 Å². The zero-order valence-corrected chi connectivity index (χ0v) is 23.3. The minimum atomic E-state index is -5.08. The lowest BCUT2D eigenvalue weighted by atomic mass is 10.1. The molecule has 0 spiro atoms. The van der Waals surface area contributed by atoms with Crippen LogP contribution in [0.5, 0.6) is 0 Å². The quantitative estimate of drug-likeness (QED) is 0.316. The third-order valence-electron chi connectivity index (χ3n) is 6.92. The summed E-state index contributed by atoms with van der Waals surface area (Å²) in [4.78, 5) is 29.6. The number of carboxylic acid groups (broad SMARTS) is 1. The predicted octanol–water partition coefficient (Wildman–Crippen LogP) is 6.28. The summed E-state index contributed by atoms with van der Waals surface area (Å²) in [7, 11) is 0. The van der Waals surface area contributed by atoms with E-state index in [0.717, 1.165) is 50.7 Å². The van der Waals surface area contributed by atoms with Crippen LogP contribution < -0.4 is 15.1 Å². The Bertz CT molecular complexity index is 1470. The van der Waals surface area contributed by atoms with Crippen molar-refractivity contribution in [1.29, 1.82) is 0 Å². The fourth-order valence-electron chi connectivity index (χ4n) is 4.78. The molecule has 5 rings (SSSR count). The molecule has 2 N–H and O–H groups in total. The van der Waals surface area contributed by atoms with Gasteiger partial charge >= 0.3 is 24.5 Å². The minimum Gasteiger partial charge on any atom is -0.475 e. The van der Waals surface area contributed by atoms with Crippen molar-refractivity contribution in [1.82, 2.24) is 19.9 Å². The second-order valence-corrected chi connectivity index (χ2v) is 10.1. The van der Waals surface area contributed by atoms with Crippen molar-refractivity contribution in [2.75, 3.05) is 41.3 Å². The second kappa shape index (κ2) is 13.3. The van der Waals surface area contributed by atoms with E-state index in [1.807, 2.05) is 0 Å². The maximum Gasteiger partial charge on any atom is 0.490 e. The predicted molar refractivity (Wildman–Crippen MR) is 143 cm³/mol. The van der Waals surface area contributed by atoms with Crippen molar-refractivity contribution >= 4 is 29.2 Å². The molecule has 0 bridgehead atoms. The summed E-state index contributed by atoms with van der Waals surface area (Å²) in [5.41, 5.74) is -0.105. The van der Waals surface area contributed by atoms with Gasteiger partial charge in [0, 0.05) is 44.4 Å². The molecule has 0 aliphatic carbocycles. The molecule has 0 radical (unpaired) electrons. The van der Waals surface area contributed by atoms with E-state index in [1.165, 1.54) is 18.3 Å². The largest absolute Gasteiger partial charge is 0.490 e. The summed E-state index contributed by atoms with van der Waals surface area (Å²) in [6, 6.07) is 4.43. The van der Waals surface area contributed by atoms with Crippen molar-refractivity contribution < 1.29 is 49.4 Å². The normalized spacial score (nSPS) is 15.8. The topological polar surface area (TPSA) is 107 Å². The van der Waals surface area contributed by atoms with E-state index < -0.39 is 35.8 Å². The second-order valence-electron chi connectivity index (χ2n) is 10.1. The van der Waals surface area contributed by atoms with Crippen molar-refractivity contribution in [3.8, 4) is 0 Å². The molecule has 0 atom stereocenters. The highest BCUT2D eigenvalue weighted by Crippen LogP contribution is 2.37. The lowest BCUT2D eigenvalue weighted by Gasteiger charge is -2.28. The van der Waals surface area contributed by atoms with Gasteiger partial charge in [-0.1, -0.05) is 0 Å². The molecular formula is C27H26F9N7O2. The third kappa shape index (κ3) is 8.63. The number of hydrogen-bond acceptors (Lipinski definition) is 8. The van der Waals surface area contributed by atoms with Crippen molar-refractivity contribution in [3.63, 3.8) is 0 Å². The molecule has 5 heterocycles. The monoisotopic (exact) mass is 651 g/mol. The Morgan fingerprint density at radius 1 is 0.800 bits per heavy atom. The van der Waals surface area contributed by atoms with Gasteiger partial charge < -0.3 is 20.2 Å². The Kier molecular flexibility index (Phi) is 9.92. The number of aromatic nitrogens is 4. The molecule has 0 saturated carbocycles. The van der Waals surface area contributed by atoms with Crippen LogP contribution >= 0.6 is 0 Å². The molecule has 1 saturated heterocycles. The van der Waals surface area contributed by atoms with E-state index in [2.05, 4.69) is 20.2 Å². The molecule has 2 aliphatic heterocycles. The van der Waals surface area contributed by atoms with Gasteiger partial charge in [0.25, 0.3) is 0 Å². The molecule has 0 unspecified atom stereocenters. The fraction of sp³-hybridized carbons (Fsp3) is 0.444. The lowest BCUT2D eigenvalue weighted by molar-refractivity contribution is -0.192. The first-order valence-electron chi connectivity index (χ1n) is 13.6. The Labute approximate surface area is 250 Å². The Balaban J connectivity index is 0.000000591. The summed E-state index contributed by atoms with van der Waals surface area (Å²) in [5, 5.41) is 10.2. The van der Waals surface area contributed by atoms with Crippen molar-refractivity contribution in [2.24, 2.45) is 0 Å². The van der Waals surface area contributed by atoms with Gasteiger partial charge in [0.1, 0.15) is 17.3 Å². The number of piperidine rings is 1. The van der Waals surface area contributed by atoms with Crippen LogP contribution in [0.15, 0.2) is 36.7 Å². The Morgan fingerprint density at radius 2 is 1.47 bits per heavy atom. The van der Waals surface area contributed by atoms with Gasteiger partial charge in [-0.25, -0.2) is 19.7 Å². The lowest BCUT2D eigenvalue weighted by Crippen LogP contribution is -2.31. The van der Waals surface area contributed by atoms with Gasteiger partial charge in [-0.2, -0.15) is 44.5 Å². The van der Waals surface area contributed by atoms with Gasteiger partial charge in [-0.3, -0.25) is 0 Å². The van der Waals surface area contributed by atoms with E-state index in [9.17, 15) is 39.5 Å². The molecule has 3 aromatic heterocycles. The molecule has 3 aromatic rings. The first kappa shape index (κ1) is 33.5. The fourth-order valence-corrected chi connectivity index (χ4v) is 4.78. The third-order valence-corrected chi connectivity index (χ3v) is 6.92. The average molecular weight is 652 g/mol. The van der Waals surface area contributed by atoms with Crippen LogP contribution in [0, 0.1) is 0 Å². The highest BCUT2D eigenvalue weighted by atomic mass is 19.4. The van der Waals surface area contributed by atoms with Gasteiger partial charge in [0.05, 0.1) is 23.1 Å². The summed E-state index contributed by atoms with van der Waals surface area (Å²) in [6.45, 7) is 2.05. The highest BCUT2D eigenvalue weighted by molar-refractivity contribution is 5.73. The molecule has 18 heteroatoms. The number of nitrogens with one attached hydrogen (secondary N) is 1. The SMILES string of the molecule is FC(F)(F)c1ccc(Nc2nc(N3CCCCC3)nc3c2CCN(c2ncccc2C(F)(F)F)CC3)cn1.O=C(O)C(F)(F)F. The van der Waals surface area contributed by atoms with Gasteiger partial charge in [0.2, 0.25) is 5.95 Å². The minimum absolute atomic E-state index is 0.140. The number of carboxylic acids is 1. The number of pyridine rings is 2. The van der Waals surface area contributed by atoms with Crippen LogP contribution in [0.1, 0.15) is 41.8 Å². The summed E-state index contributed by atoms with van der Waals surface area (Å²) < 4.78 is 112. The number of fused-ring (bicyclic) bond motifs is 1. The smallest absolute Gasteiger partial charge is 0.475 e. The maximum absolute atomic E-state index is 13.7. The van der Waals surface area contributed by atoms with Crippen molar-refractivity contribution in [2.45, 2.75) is 50.6 Å². The van der Waals surface area contributed by atoms with Crippen LogP contribution in [0.2, 0.25) is 0 Å².